The van der Waals surface area contributed by atoms with Crippen LogP contribution in [0.4, 0.5) is 18.9 Å². The summed E-state index contributed by atoms with van der Waals surface area (Å²) in [6, 6.07) is 25.0. The normalized spacial score (nSPS) is 15.0. The van der Waals surface area contributed by atoms with Crippen LogP contribution in [0, 0.1) is 0 Å². The third-order valence-electron chi connectivity index (χ3n) is 6.77. The van der Waals surface area contributed by atoms with Crippen molar-refractivity contribution in [1.82, 2.24) is 14.8 Å². The number of aromatic nitrogens is 1. The number of aliphatic carboxylic acids is 1. The van der Waals surface area contributed by atoms with Crippen molar-refractivity contribution in [2.24, 2.45) is 0 Å². The van der Waals surface area contributed by atoms with Crippen molar-refractivity contribution >= 4 is 32.6 Å². The van der Waals surface area contributed by atoms with Gasteiger partial charge in [0, 0.05) is 36.9 Å². The van der Waals surface area contributed by atoms with Gasteiger partial charge >= 0.3 is 12.1 Å². The molecule has 2 heterocycles. The second kappa shape index (κ2) is 13.3. The zero-order valence-corrected chi connectivity index (χ0v) is 23.7. The Morgan fingerprint density at radius 1 is 0.905 bits per heavy atom. The van der Waals surface area contributed by atoms with Crippen LogP contribution in [0.25, 0.3) is 22.0 Å². The number of benzene rings is 3. The Bertz CT molecular complexity index is 1610. The number of fused-ring (bicyclic) bond motifs is 1. The van der Waals surface area contributed by atoms with E-state index in [0.717, 1.165) is 42.7 Å². The van der Waals surface area contributed by atoms with Crippen LogP contribution in [0.3, 0.4) is 0 Å². The maximum absolute atomic E-state index is 13.1. The fraction of sp³-hybridized carbons (Fsp3) is 0.267. The molecule has 1 aromatic heterocycles. The van der Waals surface area contributed by atoms with Gasteiger partial charge in [-0.3, -0.25) is 14.6 Å². The fourth-order valence-electron chi connectivity index (χ4n) is 4.55. The average Bonchev–Trinajstić information content (AvgIpc) is 3.17. The lowest BCUT2D eigenvalue weighted by Crippen LogP contribution is -2.28. The summed E-state index contributed by atoms with van der Waals surface area (Å²) in [4.78, 5) is 18.3. The molecule has 0 bridgehead atoms. The van der Waals surface area contributed by atoms with Crippen molar-refractivity contribution < 1.29 is 31.5 Å². The van der Waals surface area contributed by atoms with Gasteiger partial charge < -0.3 is 10.0 Å². The van der Waals surface area contributed by atoms with Gasteiger partial charge in [0.1, 0.15) is 4.90 Å². The monoisotopic (exact) mass is 600 g/mol. The van der Waals surface area contributed by atoms with Crippen LogP contribution in [-0.4, -0.2) is 73.7 Å². The molecular formula is C30H31F3N4O4S. The molecule has 0 amide bonds. The van der Waals surface area contributed by atoms with Gasteiger partial charge in [0.15, 0.2) is 0 Å². The molecule has 1 saturated heterocycles. The quantitative estimate of drug-likeness (QED) is 0.303. The number of hydrogen-bond acceptors (Lipinski definition) is 6. The van der Waals surface area contributed by atoms with Gasteiger partial charge in [-0.15, -0.1) is 0 Å². The van der Waals surface area contributed by atoms with E-state index in [1.807, 2.05) is 24.3 Å². The number of likely N-dealkylation sites (N-methyl/N-ethyl adjacent to an activating group) is 1. The smallest absolute Gasteiger partial charge is 0.475 e. The zero-order valence-electron chi connectivity index (χ0n) is 22.9. The summed E-state index contributed by atoms with van der Waals surface area (Å²) in [5.41, 5.74) is 4.45. The van der Waals surface area contributed by atoms with E-state index in [-0.39, 0.29) is 4.90 Å². The average molecular weight is 601 g/mol. The second-order valence-corrected chi connectivity index (χ2v) is 11.6. The molecule has 222 valence electrons. The Morgan fingerprint density at radius 2 is 1.52 bits per heavy atom. The number of halogens is 3. The first kappa shape index (κ1) is 30.9. The highest BCUT2D eigenvalue weighted by Crippen LogP contribution is 2.26. The summed E-state index contributed by atoms with van der Waals surface area (Å²) in [5, 5.41) is 7.91. The molecule has 0 saturated carbocycles. The molecule has 42 heavy (non-hydrogen) atoms. The molecule has 12 heteroatoms. The number of carbonyl (C=O) groups is 1. The van der Waals surface area contributed by atoms with E-state index in [4.69, 9.17) is 9.90 Å². The molecule has 0 radical (unpaired) electrons. The van der Waals surface area contributed by atoms with E-state index in [1.54, 1.807) is 36.5 Å². The summed E-state index contributed by atoms with van der Waals surface area (Å²) >= 11 is 0. The summed E-state index contributed by atoms with van der Waals surface area (Å²) in [6.07, 6.45) is -2.27. The van der Waals surface area contributed by atoms with Gasteiger partial charge in [-0.25, -0.2) is 13.2 Å². The maximum atomic E-state index is 13.1. The lowest BCUT2D eigenvalue weighted by molar-refractivity contribution is -0.192. The molecular weight excluding hydrogens is 569 g/mol. The first-order valence-electron chi connectivity index (χ1n) is 13.2. The number of carboxylic acids is 1. The van der Waals surface area contributed by atoms with Gasteiger partial charge in [-0.2, -0.15) is 13.2 Å². The van der Waals surface area contributed by atoms with Crippen LogP contribution in [0.2, 0.25) is 0 Å². The van der Waals surface area contributed by atoms with Crippen LogP contribution in [0.1, 0.15) is 12.0 Å². The number of anilines is 1. The highest BCUT2D eigenvalue weighted by molar-refractivity contribution is 7.93. The topological polar surface area (TPSA) is 103 Å². The van der Waals surface area contributed by atoms with Crippen LogP contribution in [-0.2, 0) is 21.4 Å². The minimum atomic E-state index is -5.08. The molecule has 0 aliphatic carbocycles. The molecule has 3 aromatic carbocycles. The standard InChI is InChI=1S/C28H30N4O2S.C2HF3O2/c1-31-17-4-18-32(20-19-31)21-22-8-10-23(11-9-22)24-12-14-26(15-13-24)30-35(33,34)27-7-2-5-25-6-3-16-29-28(25)27;3-2(4,5)1(6)7/h2-3,5-16,30H,4,17-21H2,1H3;(H,6,7). The Kier molecular flexibility index (Phi) is 9.81. The Balaban J connectivity index is 0.000000517. The summed E-state index contributed by atoms with van der Waals surface area (Å²) in [7, 11) is -1.57. The highest BCUT2D eigenvalue weighted by Gasteiger charge is 2.38. The fourth-order valence-corrected chi connectivity index (χ4v) is 5.79. The first-order valence-corrected chi connectivity index (χ1v) is 14.7. The van der Waals surface area contributed by atoms with Gasteiger partial charge in [0.2, 0.25) is 0 Å². The molecule has 5 rings (SSSR count). The number of carboxylic acid groups (broad SMARTS) is 1. The molecule has 8 nitrogen and oxygen atoms in total. The largest absolute Gasteiger partial charge is 0.490 e. The van der Waals surface area contributed by atoms with E-state index >= 15 is 0 Å². The number of pyridine rings is 1. The van der Waals surface area contributed by atoms with Crippen LogP contribution < -0.4 is 4.72 Å². The maximum Gasteiger partial charge on any atom is 0.490 e. The highest BCUT2D eigenvalue weighted by atomic mass is 32.2. The van der Waals surface area contributed by atoms with Crippen LogP contribution in [0.15, 0.2) is 90.0 Å². The molecule has 2 N–H and O–H groups in total. The number of nitrogens with zero attached hydrogens (tertiary/aromatic N) is 3. The lowest BCUT2D eigenvalue weighted by Gasteiger charge is -2.20. The number of hydrogen-bond donors (Lipinski definition) is 2. The third-order valence-corrected chi connectivity index (χ3v) is 8.18. The number of para-hydroxylation sites is 1. The van der Waals surface area contributed by atoms with Gasteiger partial charge in [0.25, 0.3) is 10.0 Å². The first-order chi connectivity index (χ1) is 19.9. The van der Waals surface area contributed by atoms with Crippen molar-refractivity contribution in [1.29, 1.82) is 0 Å². The zero-order chi connectivity index (χ0) is 30.3. The predicted octanol–water partition coefficient (Wildman–Crippen LogP) is 5.47. The van der Waals surface area contributed by atoms with E-state index in [0.29, 0.717) is 11.2 Å². The molecule has 0 spiro atoms. The van der Waals surface area contributed by atoms with Crippen LogP contribution in [0.5, 0.6) is 0 Å². The molecule has 0 unspecified atom stereocenters. The second-order valence-electron chi connectivity index (χ2n) is 9.95. The SMILES string of the molecule is CN1CCCN(Cc2ccc(-c3ccc(NS(=O)(=O)c4cccc5cccnc45)cc3)cc2)CC1.O=C(O)C(F)(F)F. The van der Waals surface area contributed by atoms with Crippen molar-refractivity contribution in [3.8, 4) is 11.1 Å². The predicted molar refractivity (Wildman–Crippen MR) is 156 cm³/mol. The van der Waals surface area contributed by atoms with Gasteiger partial charge in [0.05, 0.1) is 5.52 Å². The van der Waals surface area contributed by atoms with E-state index in [9.17, 15) is 21.6 Å². The minimum Gasteiger partial charge on any atom is -0.475 e. The van der Waals surface area contributed by atoms with Crippen molar-refractivity contribution in [2.45, 2.75) is 24.0 Å². The van der Waals surface area contributed by atoms with Crippen molar-refractivity contribution in [3.05, 3.63) is 90.6 Å². The van der Waals surface area contributed by atoms with E-state index in [1.165, 1.54) is 18.5 Å². The number of alkyl halides is 3. The van der Waals surface area contributed by atoms with Crippen molar-refractivity contribution in [2.75, 3.05) is 37.9 Å². The Morgan fingerprint density at radius 3 is 2.17 bits per heavy atom. The number of rotatable bonds is 6. The third kappa shape index (κ3) is 8.28. The number of nitrogens with one attached hydrogen (secondary N) is 1. The van der Waals surface area contributed by atoms with E-state index in [2.05, 4.69) is 50.8 Å². The molecule has 1 aliphatic heterocycles. The summed E-state index contributed by atoms with van der Waals surface area (Å²) < 4.78 is 60.5. The molecule has 4 aromatic rings. The summed E-state index contributed by atoms with van der Waals surface area (Å²) in [5.74, 6) is -2.76. The van der Waals surface area contributed by atoms with E-state index < -0.39 is 22.2 Å². The summed E-state index contributed by atoms with van der Waals surface area (Å²) in [6.45, 7) is 5.49. The van der Waals surface area contributed by atoms with Crippen LogP contribution >= 0.6 is 0 Å². The number of sulfonamides is 1. The Hall–Kier alpha value is -4.00. The minimum absolute atomic E-state index is 0.173. The van der Waals surface area contributed by atoms with Gasteiger partial charge in [-0.1, -0.05) is 54.6 Å². The molecule has 0 atom stereocenters. The Labute approximate surface area is 242 Å². The van der Waals surface area contributed by atoms with Crippen molar-refractivity contribution in [3.63, 3.8) is 0 Å². The molecule has 1 fully saturated rings. The molecule has 1 aliphatic rings. The lowest BCUT2D eigenvalue weighted by atomic mass is 10.0. The van der Waals surface area contributed by atoms with Gasteiger partial charge in [-0.05, 0) is 67.5 Å².